The summed E-state index contributed by atoms with van der Waals surface area (Å²) in [6, 6.07) is 8.12. The highest BCUT2D eigenvalue weighted by Gasteiger charge is 2.22. The van der Waals surface area contributed by atoms with E-state index in [1.54, 1.807) is 24.3 Å². The second kappa shape index (κ2) is 6.32. The maximum atomic E-state index is 14.2. The normalized spacial score (nSPS) is 21.5. The Labute approximate surface area is 128 Å². The number of carbonyl (C=O) groups excluding carboxylic acids is 1. The van der Waals surface area contributed by atoms with Gasteiger partial charge in [0.1, 0.15) is 11.6 Å². The Bertz CT molecular complexity index is 660. The minimum atomic E-state index is -0.354. The summed E-state index contributed by atoms with van der Waals surface area (Å²) in [6.45, 7) is 0. The molecule has 1 aliphatic carbocycles. The minimum absolute atomic E-state index is 0.125. The zero-order valence-corrected chi connectivity index (χ0v) is 12.1. The molecular weight excluding hydrogens is 285 g/mol. The van der Waals surface area contributed by atoms with Gasteiger partial charge in [-0.3, -0.25) is 4.79 Å². The van der Waals surface area contributed by atoms with Crippen LogP contribution >= 0.6 is 0 Å². The van der Waals surface area contributed by atoms with Gasteiger partial charge < -0.3 is 14.8 Å². The zero-order valence-electron chi connectivity index (χ0n) is 12.1. The molecule has 0 bridgehead atoms. The van der Waals surface area contributed by atoms with E-state index >= 15 is 0 Å². The number of hydrogen-bond donors (Lipinski definition) is 2. The van der Waals surface area contributed by atoms with Gasteiger partial charge in [0.25, 0.3) is 0 Å². The van der Waals surface area contributed by atoms with Gasteiger partial charge in [0.2, 0.25) is 0 Å². The van der Waals surface area contributed by atoms with E-state index in [4.69, 9.17) is 4.42 Å². The number of nitrogens with one attached hydrogen (secondary N) is 1. The van der Waals surface area contributed by atoms with Crippen LogP contribution in [-0.2, 0) is 0 Å². The second-order valence-electron chi connectivity index (χ2n) is 5.63. The number of anilines is 1. The van der Waals surface area contributed by atoms with Gasteiger partial charge in [-0.1, -0.05) is 6.07 Å². The van der Waals surface area contributed by atoms with Crippen molar-refractivity contribution in [1.29, 1.82) is 0 Å². The summed E-state index contributed by atoms with van der Waals surface area (Å²) in [5, 5.41) is 12.8. The number of carbonyl (C=O) groups is 1. The van der Waals surface area contributed by atoms with Crippen molar-refractivity contribution >= 4 is 12.0 Å². The van der Waals surface area contributed by atoms with Crippen molar-refractivity contribution in [3.05, 3.63) is 41.9 Å². The predicted octanol–water partition coefficient (Wildman–Crippen LogP) is 3.61. The van der Waals surface area contributed by atoms with Crippen molar-refractivity contribution in [3.8, 4) is 11.3 Å². The molecule has 22 heavy (non-hydrogen) atoms. The van der Waals surface area contributed by atoms with Gasteiger partial charge in [0.15, 0.2) is 12.0 Å². The number of aliphatic hydroxyl groups excluding tert-OH is 1. The molecule has 0 aliphatic heterocycles. The largest absolute Gasteiger partial charge is 0.453 e. The van der Waals surface area contributed by atoms with Crippen LogP contribution in [0.1, 0.15) is 36.2 Å². The Morgan fingerprint density at radius 3 is 2.64 bits per heavy atom. The molecule has 0 atom stereocenters. The van der Waals surface area contributed by atoms with Crippen LogP contribution in [0.4, 0.5) is 10.1 Å². The van der Waals surface area contributed by atoms with Crippen LogP contribution in [0.25, 0.3) is 11.3 Å². The van der Waals surface area contributed by atoms with E-state index in [1.807, 2.05) is 0 Å². The van der Waals surface area contributed by atoms with Crippen molar-refractivity contribution in [2.24, 2.45) is 0 Å². The fraction of sp³-hybridized carbons (Fsp3) is 0.353. The Morgan fingerprint density at radius 1 is 1.18 bits per heavy atom. The van der Waals surface area contributed by atoms with Crippen LogP contribution in [-0.4, -0.2) is 23.5 Å². The molecule has 116 valence electrons. The highest BCUT2D eigenvalue weighted by atomic mass is 19.1. The number of hydrogen-bond acceptors (Lipinski definition) is 4. The molecule has 0 saturated heterocycles. The van der Waals surface area contributed by atoms with Gasteiger partial charge in [-0.05, 0) is 49.9 Å². The van der Waals surface area contributed by atoms with Gasteiger partial charge in [-0.25, -0.2) is 4.39 Å². The molecule has 1 aliphatic rings. The third-order valence-corrected chi connectivity index (χ3v) is 4.07. The molecule has 3 rings (SSSR count). The molecule has 4 nitrogen and oxygen atoms in total. The van der Waals surface area contributed by atoms with Crippen LogP contribution < -0.4 is 5.32 Å². The molecule has 2 aromatic rings. The molecule has 1 aromatic carbocycles. The van der Waals surface area contributed by atoms with Crippen molar-refractivity contribution < 1.29 is 18.7 Å². The Balaban J connectivity index is 1.88. The quantitative estimate of drug-likeness (QED) is 0.847. The highest BCUT2D eigenvalue weighted by Crippen LogP contribution is 2.33. The van der Waals surface area contributed by atoms with Gasteiger partial charge in [0.05, 0.1) is 11.8 Å². The molecule has 0 amide bonds. The molecule has 1 heterocycles. The van der Waals surface area contributed by atoms with Crippen molar-refractivity contribution in [2.45, 2.75) is 37.8 Å². The molecule has 0 unspecified atom stereocenters. The van der Waals surface area contributed by atoms with E-state index < -0.39 is 0 Å². The van der Waals surface area contributed by atoms with E-state index in [0.29, 0.717) is 23.3 Å². The number of rotatable bonds is 4. The third kappa shape index (κ3) is 3.04. The Kier molecular flexibility index (Phi) is 4.24. The molecule has 0 spiro atoms. The van der Waals surface area contributed by atoms with Crippen LogP contribution in [0.15, 0.2) is 34.7 Å². The van der Waals surface area contributed by atoms with Crippen LogP contribution in [0.5, 0.6) is 0 Å². The highest BCUT2D eigenvalue weighted by molar-refractivity contribution is 5.78. The molecule has 1 saturated carbocycles. The molecule has 1 aromatic heterocycles. The average molecular weight is 303 g/mol. The van der Waals surface area contributed by atoms with Crippen molar-refractivity contribution in [2.75, 3.05) is 5.32 Å². The first-order chi connectivity index (χ1) is 10.7. The topological polar surface area (TPSA) is 62.5 Å². The lowest BCUT2D eigenvalue weighted by Gasteiger charge is -2.27. The molecule has 0 radical (unpaired) electrons. The predicted molar refractivity (Wildman–Crippen MR) is 81.4 cm³/mol. The number of aliphatic hydroxyl groups is 1. The zero-order chi connectivity index (χ0) is 15.5. The van der Waals surface area contributed by atoms with E-state index in [2.05, 4.69) is 5.32 Å². The monoisotopic (exact) mass is 303 g/mol. The molecule has 5 heteroatoms. The van der Waals surface area contributed by atoms with Gasteiger partial charge >= 0.3 is 0 Å². The van der Waals surface area contributed by atoms with Gasteiger partial charge in [-0.2, -0.15) is 0 Å². The molecule has 1 fully saturated rings. The fourth-order valence-electron chi connectivity index (χ4n) is 2.86. The lowest BCUT2D eigenvalue weighted by Crippen LogP contribution is -2.28. The standard InChI is InChI=1S/C17H18FNO3/c18-15-3-1-2-14(16-9-8-13(10-20)22-16)17(15)19-11-4-6-12(21)7-5-11/h1-3,8-12,19,21H,4-7H2. The lowest BCUT2D eigenvalue weighted by atomic mass is 9.92. The number of furan rings is 1. The summed E-state index contributed by atoms with van der Waals surface area (Å²) >= 11 is 0. The number of benzene rings is 1. The molecular formula is C17H18FNO3. The smallest absolute Gasteiger partial charge is 0.185 e. The van der Waals surface area contributed by atoms with Crippen molar-refractivity contribution in [1.82, 2.24) is 0 Å². The van der Waals surface area contributed by atoms with E-state index in [-0.39, 0.29) is 23.7 Å². The minimum Gasteiger partial charge on any atom is -0.453 e. The van der Waals surface area contributed by atoms with Gasteiger partial charge in [-0.15, -0.1) is 0 Å². The van der Waals surface area contributed by atoms with E-state index in [9.17, 15) is 14.3 Å². The lowest BCUT2D eigenvalue weighted by molar-refractivity contribution is 0.110. The second-order valence-corrected chi connectivity index (χ2v) is 5.63. The maximum absolute atomic E-state index is 14.2. The number of halogens is 1. The van der Waals surface area contributed by atoms with Crippen LogP contribution in [0.3, 0.4) is 0 Å². The van der Waals surface area contributed by atoms with Crippen LogP contribution in [0, 0.1) is 5.82 Å². The SMILES string of the molecule is O=Cc1ccc(-c2cccc(F)c2NC2CCC(O)CC2)o1. The third-order valence-electron chi connectivity index (χ3n) is 4.07. The first-order valence-electron chi connectivity index (χ1n) is 7.46. The summed E-state index contributed by atoms with van der Waals surface area (Å²) < 4.78 is 19.6. The van der Waals surface area contributed by atoms with E-state index in [0.717, 1.165) is 25.7 Å². The first-order valence-corrected chi connectivity index (χ1v) is 7.46. The average Bonchev–Trinajstić information content (AvgIpc) is 3.00. The van der Waals surface area contributed by atoms with Crippen LogP contribution in [0.2, 0.25) is 0 Å². The number of para-hydroxylation sites is 1. The first kappa shape index (κ1) is 14.8. The Hall–Kier alpha value is -2.14. The summed E-state index contributed by atoms with van der Waals surface area (Å²) in [6.07, 6.45) is 3.41. The maximum Gasteiger partial charge on any atom is 0.185 e. The summed E-state index contributed by atoms with van der Waals surface area (Å²) in [7, 11) is 0. The van der Waals surface area contributed by atoms with Crippen molar-refractivity contribution in [3.63, 3.8) is 0 Å². The summed E-state index contributed by atoms with van der Waals surface area (Å²) in [4.78, 5) is 10.7. The fourth-order valence-corrected chi connectivity index (χ4v) is 2.86. The summed E-state index contributed by atoms with van der Waals surface area (Å²) in [5.41, 5.74) is 0.981. The molecule has 2 N–H and O–H groups in total. The summed E-state index contributed by atoms with van der Waals surface area (Å²) in [5.74, 6) is 0.318. The number of aldehydes is 1. The van der Waals surface area contributed by atoms with Gasteiger partial charge in [0, 0.05) is 11.6 Å². The van der Waals surface area contributed by atoms with E-state index in [1.165, 1.54) is 6.07 Å². The Morgan fingerprint density at radius 2 is 1.95 bits per heavy atom.